The number of methoxy groups -OCH3 is 1. The summed E-state index contributed by atoms with van der Waals surface area (Å²) in [4.78, 5) is 64.7. The highest BCUT2D eigenvalue weighted by atomic mass is 19.1. The number of nitrogens with one attached hydrogen (secondary N) is 2. The minimum atomic E-state index is -1.48. The van der Waals surface area contributed by atoms with Gasteiger partial charge in [0, 0.05) is 26.0 Å². The summed E-state index contributed by atoms with van der Waals surface area (Å²) in [6, 6.07) is -0.908. The van der Waals surface area contributed by atoms with Crippen LogP contribution in [0.5, 0.6) is 0 Å². The fraction of sp³-hybridized carbons (Fsp3) is 0.567. The molecule has 1 heterocycles. The fourth-order valence-corrected chi connectivity index (χ4v) is 4.70. The molecule has 1 aliphatic rings. The second-order valence-electron chi connectivity index (χ2n) is 10.8. The van der Waals surface area contributed by atoms with E-state index < -0.39 is 59.6 Å². The van der Waals surface area contributed by atoms with E-state index in [0.29, 0.717) is 37.8 Å². The summed E-state index contributed by atoms with van der Waals surface area (Å²) < 4.78 is 38.0. The lowest BCUT2D eigenvalue weighted by Crippen LogP contribution is -2.56. The van der Waals surface area contributed by atoms with Crippen LogP contribution in [-0.2, 0) is 39.9 Å². The molecule has 1 aliphatic heterocycles. The number of amides is 3. The van der Waals surface area contributed by atoms with Crippen molar-refractivity contribution >= 4 is 29.7 Å². The van der Waals surface area contributed by atoms with Gasteiger partial charge in [-0.3, -0.25) is 14.4 Å². The highest BCUT2D eigenvalue weighted by molar-refractivity contribution is 5.94. The van der Waals surface area contributed by atoms with Gasteiger partial charge in [-0.05, 0) is 62.3 Å². The van der Waals surface area contributed by atoms with Crippen molar-refractivity contribution in [2.45, 2.75) is 90.4 Å². The Hall–Kier alpha value is -3.83. The Morgan fingerprint density at radius 2 is 1.74 bits per heavy atom. The van der Waals surface area contributed by atoms with Crippen molar-refractivity contribution in [3.05, 3.63) is 47.5 Å². The van der Waals surface area contributed by atoms with Gasteiger partial charge in [0.2, 0.25) is 17.7 Å². The fourth-order valence-electron chi connectivity index (χ4n) is 4.70. The molecule has 1 unspecified atom stereocenters. The topological polar surface area (TPSA) is 131 Å². The lowest BCUT2D eigenvalue weighted by molar-refractivity contribution is -0.163. The first-order valence-electron chi connectivity index (χ1n) is 14.1. The maximum absolute atomic E-state index is 13.9. The van der Waals surface area contributed by atoms with E-state index in [1.165, 1.54) is 24.8 Å². The van der Waals surface area contributed by atoms with E-state index in [-0.39, 0.29) is 17.9 Å². The average molecular weight is 594 g/mol. The molecule has 0 aliphatic carbocycles. The third-order valence-electron chi connectivity index (χ3n) is 6.87. The van der Waals surface area contributed by atoms with E-state index >= 15 is 0 Å². The van der Waals surface area contributed by atoms with E-state index in [1.807, 2.05) is 0 Å². The molecule has 4 atom stereocenters. The zero-order valence-electron chi connectivity index (χ0n) is 24.8. The number of hydrogen-bond donors (Lipinski definition) is 2. The molecule has 1 fully saturated rings. The smallest absolute Gasteiger partial charge is 0.332 e. The summed E-state index contributed by atoms with van der Waals surface area (Å²) in [6.45, 7) is 7.30. The Balaban J connectivity index is 2.20. The molecule has 0 aromatic heterocycles. The second-order valence-corrected chi connectivity index (χ2v) is 10.8. The Bertz CT molecular complexity index is 1140. The van der Waals surface area contributed by atoms with Crippen LogP contribution in [0.3, 0.4) is 0 Å². The zero-order chi connectivity index (χ0) is 31.4. The van der Waals surface area contributed by atoms with Gasteiger partial charge >= 0.3 is 11.9 Å². The molecule has 0 bridgehead atoms. The van der Waals surface area contributed by atoms with Crippen LogP contribution in [0.1, 0.15) is 65.4 Å². The number of rotatable bonds is 14. The standard InChI is InChI=1S/C30H41F2N3O7/c1-18(2)10-7-6-8-12-26(37)33-24(16-21-14-22(31)17-23(32)15-21)28(38)34-27(30(40)41-5)19(3)42-29(39)25-11-9-13-35(25)20(4)36/h8,12,14-15,17-19,24-25,27H,6-7,9-11,13,16H2,1-5H3,(H,33,37)(H,34,38)/b12-8+/t19-,24+,25?,27+/m1/s1. The summed E-state index contributed by atoms with van der Waals surface area (Å²) in [5.41, 5.74) is 0.0912. The van der Waals surface area contributed by atoms with E-state index in [4.69, 9.17) is 9.47 Å². The van der Waals surface area contributed by atoms with Crippen LogP contribution in [0.4, 0.5) is 8.78 Å². The Morgan fingerprint density at radius 1 is 1.07 bits per heavy atom. The summed E-state index contributed by atoms with van der Waals surface area (Å²) in [5, 5.41) is 4.97. The summed E-state index contributed by atoms with van der Waals surface area (Å²) in [7, 11) is 1.09. The van der Waals surface area contributed by atoms with Crippen LogP contribution in [0.15, 0.2) is 30.4 Å². The highest BCUT2D eigenvalue weighted by Gasteiger charge is 2.38. The molecular formula is C30H41F2N3O7. The third kappa shape index (κ3) is 10.9. The van der Waals surface area contributed by atoms with Crippen LogP contribution in [0.2, 0.25) is 0 Å². The molecule has 2 rings (SSSR count). The molecule has 12 heteroatoms. The van der Waals surface area contributed by atoms with Gasteiger partial charge in [-0.15, -0.1) is 0 Å². The van der Waals surface area contributed by atoms with Gasteiger partial charge in [-0.25, -0.2) is 18.4 Å². The van der Waals surface area contributed by atoms with Gasteiger partial charge in [0.1, 0.15) is 29.8 Å². The zero-order valence-corrected chi connectivity index (χ0v) is 24.8. The number of hydrogen-bond acceptors (Lipinski definition) is 7. The minimum Gasteiger partial charge on any atom is -0.467 e. The first-order valence-corrected chi connectivity index (χ1v) is 14.1. The van der Waals surface area contributed by atoms with Gasteiger partial charge in [0.25, 0.3) is 0 Å². The average Bonchev–Trinajstić information content (AvgIpc) is 3.40. The summed E-state index contributed by atoms with van der Waals surface area (Å²) in [6.07, 6.45) is 4.93. The van der Waals surface area contributed by atoms with Crippen molar-refractivity contribution in [2.24, 2.45) is 5.92 Å². The molecule has 3 amide bonds. The van der Waals surface area contributed by atoms with Crippen molar-refractivity contribution in [1.82, 2.24) is 15.5 Å². The normalized spacial score (nSPS) is 17.0. The van der Waals surface area contributed by atoms with Gasteiger partial charge < -0.3 is 25.0 Å². The third-order valence-corrected chi connectivity index (χ3v) is 6.87. The van der Waals surface area contributed by atoms with Gasteiger partial charge in [-0.1, -0.05) is 26.3 Å². The Labute approximate surface area is 245 Å². The van der Waals surface area contributed by atoms with Gasteiger partial charge in [0.05, 0.1) is 7.11 Å². The van der Waals surface area contributed by atoms with Crippen molar-refractivity contribution in [2.75, 3.05) is 13.7 Å². The van der Waals surface area contributed by atoms with E-state index in [9.17, 15) is 32.8 Å². The summed E-state index contributed by atoms with van der Waals surface area (Å²) in [5.74, 6) is -4.64. The first kappa shape index (κ1) is 34.4. The SMILES string of the molecule is COC(=O)[C@@H](NC(=O)[C@H](Cc1cc(F)cc(F)c1)NC(=O)/C=C/CCCC(C)C)[C@@H](C)OC(=O)C1CCCN1C(C)=O. The van der Waals surface area contributed by atoms with Crippen molar-refractivity contribution in [1.29, 1.82) is 0 Å². The van der Waals surface area contributed by atoms with Crippen LogP contribution >= 0.6 is 0 Å². The number of likely N-dealkylation sites (tertiary alicyclic amines) is 1. The molecule has 10 nitrogen and oxygen atoms in total. The maximum Gasteiger partial charge on any atom is 0.332 e. The Morgan fingerprint density at radius 3 is 2.33 bits per heavy atom. The lowest BCUT2D eigenvalue weighted by Gasteiger charge is -2.28. The van der Waals surface area contributed by atoms with E-state index in [1.54, 1.807) is 6.08 Å². The molecule has 1 saturated heterocycles. The van der Waals surface area contributed by atoms with Gasteiger partial charge in [-0.2, -0.15) is 0 Å². The predicted octanol–water partition coefficient (Wildman–Crippen LogP) is 2.98. The van der Waals surface area contributed by atoms with Crippen LogP contribution < -0.4 is 10.6 Å². The monoisotopic (exact) mass is 593 g/mol. The molecule has 0 radical (unpaired) electrons. The number of halogens is 2. The van der Waals surface area contributed by atoms with E-state index in [2.05, 4.69) is 24.5 Å². The number of benzene rings is 1. The minimum absolute atomic E-state index is 0.0912. The maximum atomic E-state index is 13.9. The second kappa shape index (κ2) is 16.6. The molecule has 1 aromatic rings. The number of ether oxygens (including phenoxy) is 2. The lowest BCUT2D eigenvalue weighted by atomic mass is 10.0. The van der Waals surface area contributed by atoms with Gasteiger partial charge in [0.15, 0.2) is 6.04 Å². The van der Waals surface area contributed by atoms with Crippen LogP contribution in [-0.4, -0.2) is 72.4 Å². The van der Waals surface area contributed by atoms with Crippen LogP contribution in [0, 0.1) is 17.6 Å². The predicted molar refractivity (Wildman–Crippen MR) is 150 cm³/mol. The molecule has 42 heavy (non-hydrogen) atoms. The number of carbonyl (C=O) groups is 5. The summed E-state index contributed by atoms with van der Waals surface area (Å²) >= 11 is 0. The van der Waals surface area contributed by atoms with Crippen molar-refractivity contribution in [3.63, 3.8) is 0 Å². The first-order chi connectivity index (χ1) is 19.8. The van der Waals surface area contributed by atoms with Crippen molar-refractivity contribution < 1.29 is 42.2 Å². The van der Waals surface area contributed by atoms with Crippen molar-refractivity contribution in [3.8, 4) is 0 Å². The molecular weight excluding hydrogens is 552 g/mol. The molecule has 0 spiro atoms. The quantitative estimate of drug-likeness (QED) is 0.193. The molecule has 2 N–H and O–H groups in total. The number of nitrogens with zero attached hydrogens (tertiary/aromatic N) is 1. The molecule has 1 aromatic carbocycles. The number of unbranched alkanes of at least 4 members (excludes halogenated alkanes) is 1. The largest absolute Gasteiger partial charge is 0.467 e. The number of esters is 2. The number of carbonyl (C=O) groups excluding carboxylic acids is 5. The molecule has 232 valence electrons. The van der Waals surface area contributed by atoms with Crippen LogP contribution in [0.25, 0.3) is 0 Å². The number of allylic oxidation sites excluding steroid dienone is 1. The molecule has 0 saturated carbocycles. The Kier molecular flexibility index (Phi) is 13.6. The van der Waals surface area contributed by atoms with E-state index in [0.717, 1.165) is 32.1 Å². The highest BCUT2D eigenvalue weighted by Crippen LogP contribution is 2.20.